The highest BCUT2D eigenvalue weighted by molar-refractivity contribution is 5.29. The number of aliphatic hydroxyl groups excluding tert-OH is 1. The van der Waals surface area contributed by atoms with Crippen molar-refractivity contribution < 1.29 is 9.84 Å². The molecule has 31 heavy (non-hydrogen) atoms. The fraction of sp³-hybridized carbons (Fsp3) is 0.360. The maximum Gasteiger partial charge on any atom is 0.119 e. The number of nitrogens with zero attached hydrogens (tertiary/aromatic N) is 3. The number of benzene rings is 2. The van der Waals surface area contributed by atoms with E-state index in [1.54, 1.807) is 18.6 Å². The van der Waals surface area contributed by atoms with Crippen LogP contribution in [0.1, 0.15) is 22.4 Å². The third-order valence-corrected chi connectivity index (χ3v) is 5.52. The second-order valence-corrected chi connectivity index (χ2v) is 7.99. The summed E-state index contributed by atoms with van der Waals surface area (Å²) >= 11 is 0. The van der Waals surface area contributed by atoms with Gasteiger partial charge >= 0.3 is 0 Å². The molecule has 2 heterocycles. The lowest BCUT2D eigenvalue weighted by atomic mass is 10.00. The van der Waals surface area contributed by atoms with Crippen molar-refractivity contribution in [3.8, 4) is 5.75 Å². The van der Waals surface area contributed by atoms with Crippen LogP contribution >= 0.6 is 0 Å². The molecule has 0 saturated carbocycles. The van der Waals surface area contributed by atoms with Crippen LogP contribution < -0.4 is 10.1 Å². The third-order valence-electron chi connectivity index (χ3n) is 5.52. The van der Waals surface area contributed by atoms with Gasteiger partial charge in [0.05, 0.1) is 5.69 Å². The van der Waals surface area contributed by atoms with Crippen molar-refractivity contribution in [3.05, 3.63) is 89.5 Å². The van der Waals surface area contributed by atoms with Gasteiger partial charge in [0.1, 0.15) is 18.5 Å². The van der Waals surface area contributed by atoms with Crippen molar-refractivity contribution in [1.29, 1.82) is 0 Å². The van der Waals surface area contributed by atoms with Gasteiger partial charge in [0, 0.05) is 57.7 Å². The minimum atomic E-state index is -0.515. The zero-order chi connectivity index (χ0) is 21.3. The monoisotopic (exact) mass is 418 g/mol. The minimum absolute atomic E-state index is 0.293. The largest absolute Gasteiger partial charge is 0.491 e. The van der Waals surface area contributed by atoms with Crippen molar-refractivity contribution in [2.75, 3.05) is 26.2 Å². The quantitative estimate of drug-likeness (QED) is 0.493. The lowest BCUT2D eigenvalue weighted by molar-refractivity contribution is 0.0637. The van der Waals surface area contributed by atoms with Crippen molar-refractivity contribution in [3.63, 3.8) is 0 Å². The Morgan fingerprint density at radius 3 is 2.87 bits per heavy atom. The van der Waals surface area contributed by atoms with Crippen LogP contribution in [0.3, 0.4) is 0 Å². The molecule has 0 fully saturated rings. The lowest BCUT2D eigenvalue weighted by Crippen LogP contribution is -2.38. The molecule has 6 heteroatoms. The summed E-state index contributed by atoms with van der Waals surface area (Å²) in [6.07, 6.45) is 6.57. The molecule has 0 radical (unpaired) electrons. The molecule has 2 aromatic carbocycles. The van der Waals surface area contributed by atoms with E-state index in [4.69, 9.17) is 4.74 Å². The smallest absolute Gasteiger partial charge is 0.119 e. The Hall–Kier alpha value is -2.80. The number of aliphatic hydroxyl groups is 1. The third kappa shape index (κ3) is 6.59. The highest BCUT2D eigenvalue weighted by Gasteiger charge is 2.18. The molecular weight excluding hydrogens is 388 g/mol. The molecule has 0 spiro atoms. The molecule has 3 aromatic rings. The van der Waals surface area contributed by atoms with Gasteiger partial charge in [-0.2, -0.15) is 0 Å². The summed E-state index contributed by atoms with van der Waals surface area (Å²) in [5, 5.41) is 13.9. The molecule has 0 saturated heterocycles. The molecule has 0 aliphatic carbocycles. The van der Waals surface area contributed by atoms with Gasteiger partial charge in [-0.25, -0.2) is 0 Å². The van der Waals surface area contributed by atoms with Crippen molar-refractivity contribution in [2.45, 2.75) is 32.0 Å². The van der Waals surface area contributed by atoms with Crippen LogP contribution in [0.5, 0.6) is 5.75 Å². The van der Waals surface area contributed by atoms with Crippen LogP contribution in [0.2, 0.25) is 0 Å². The number of hydrogen-bond acceptors (Lipinski definition) is 6. The van der Waals surface area contributed by atoms with Crippen molar-refractivity contribution in [1.82, 2.24) is 20.2 Å². The molecule has 1 atom stereocenters. The van der Waals surface area contributed by atoms with Crippen LogP contribution in [0, 0.1) is 0 Å². The molecule has 4 rings (SSSR count). The Morgan fingerprint density at radius 1 is 1.10 bits per heavy atom. The van der Waals surface area contributed by atoms with Crippen LogP contribution in [-0.2, 0) is 25.9 Å². The number of hydrogen-bond donors (Lipinski definition) is 2. The maximum absolute atomic E-state index is 10.5. The zero-order valence-corrected chi connectivity index (χ0v) is 17.8. The second kappa shape index (κ2) is 11.0. The highest BCUT2D eigenvalue weighted by Crippen LogP contribution is 2.19. The Kier molecular flexibility index (Phi) is 7.60. The summed E-state index contributed by atoms with van der Waals surface area (Å²) in [6.45, 7) is 4.38. The van der Waals surface area contributed by atoms with E-state index in [-0.39, 0.29) is 0 Å². The Labute approximate surface area is 183 Å². The molecule has 6 nitrogen and oxygen atoms in total. The minimum Gasteiger partial charge on any atom is -0.491 e. The summed E-state index contributed by atoms with van der Waals surface area (Å²) in [5.74, 6) is 0.788. The first-order valence-corrected chi connectivity index (χ1v) is 10.9. The van der Waals surface area contributed by atoms with E-state index in [1.807, 2.05) is 18.2 Å². The van der Waals surface area contributed by atoms with Gasteiger partial charge in [-0.1, -0.05) is 36.4 Å². The van der Waals surface area contributed by atoms with Crippen molar-refractivity contribution >= 4 is 0 Å². The second-order valence-electron chi connectivity index (χ2n) is 7.99. The fourth-order valence-corrected chi connectivity index (χ4v) is 3.91. The first-order chi connectivity index (χ1) is 15.3. The highest BCUT2D eigenvalue weighted by atomic mass is 16.5. The fourth-order valence-electron chi connectivity index (χ4n) is 3.91. The number of fused-ring (bicyclic) bond motifs is 1. The molecule has 0 bridgehead atoms. The van der Waals surface area contributed by atoms with Crippen LogP contribution in [-0.4, -0.2) is 52.3 Å². The van der Waals surface area contributed by atoms with E-state index in [0.717, 1.165) is 56.0 Å². The van der Waals surface area contributed by atoms with E-state index >= 15 is 0 Å². The number of ether oxygens (including phenoxy) is 1. The zero-order valence-electron chi connectivity index (χ0n) is 17.8. The van der Waals surface area contributed by atoms with Gasteiger partial charge in [0.25, 0.3) is 0 Å². The first-order valence-electron chi connectivity index (χ1n) is 10.9. The van der Waals surface area contributed by atoms with E-state index in [9.17, 15) is 5.11 Å². The summed E-state index contributed by atoms with van der Waals surface area (Å²) in [5.41, 5.74) is 4.92. The summed E-state index contributed by atoms with van der Waals surface area (Å²) in [7, 11) is 0. The van der Waals surface area contributed by atoms with E-state index < -0.39 is 6.10 Å². The maximum atomic E-state index is 10.5. The average Bonchev–Trinajstić information content (AvgIpc) is 2.81. The SMILES string of the molecule is OC(COc1cccc(CNCCc2cnccn2)c1)CN1CCc2ccccc2C1. The number of β-amino-alcohol motifs (C(OH)–C–C–N with tert-alkyl or cyclic N) is 1. The van der Waals surface area contributed by atoms with E-state index in [0.29, 0.717) is 13.2 Å². The number of rotatable bonds is 10. The van der Waals surface area contributed by atoms with Crippen molar-refractivity contribution in [2.24, 2.45) is 0 Å². The molecule has 2 N–H and O–H groups in total. The van der Waals surface area contributed by atoms with Crippen LogP contribution in [0.25, 0.3) is 0 Å². The predicted octanol–water partition coefficient (Wildman–Crippen LogP) is 2.61. The standard InChI is InChI=1S/C25H30N4O2/c30-24(18-29-13-9-21-5-1-2-6-22(21)17-29)19-31-25-7-3-4-20(14-25)15-26-10-8-23-16-27-11-12-28-23/h1-7,11-12,14,16,24,26,30H,8-10,13,15,17-19H2. The van der Waals surface area contributed by atoms with Gasteiger partial charge in [0.15, 0.2) is 0 Å². The van der Waals surface area contributed by atoms with E-state index in [1.165, 1.54) is 11.1 Å². The molecular formula is C25H30N4O2. The van der Waals surface area contributed by atoms with E-state index in [2.05, 4.69) is 50.5 Å². The topological polar surface area (TPSA) is 70.5 Å². The molecule has 1 aromatic heterocycles. The van der Waals surface area contributed by atoms with Gasteiger partial charge < -0.3 is 15.2 Å². The Bertz CT molecular complexity index is 951. The first kappa shape index (κ1) is 21.4. The normalized spacial score (nSPS) is 14.7. The summed E-state index contributed by atoms with van der Waals surface area (Å²) in [4.78, 5) is 10.7. The molecule has 162 valence electrons. The Balaban J connectivity index is 1.18. The average molecular weight is 419 g/mol. The summed E-state index contributed by atoms with van der Waals surface area (Å²) < 4.78 is 5.87. The molecule has 1 aliphatic rings. The number of nitrogens with one attached hydrogen (secondary N) is 1. The van der Waals surface area contributed by atoms with Gasteiger partial charge in [0.2, 0.25) is 0 Å². The van der Waals surface area contributed by atoms with Crippen LogP contribution in [0.15, 0.2) is 67.1 Å². The van der Waals surface area contributed by atoms with Crippen LogP contribution in [0.4, 0.5) is 0 Å². The molecule has 1 aliphatic heterocycles. The van der Waals surface area contributed by atoms with Gasteiger partial charge in [-0.3, -0.25) is 14.9 Å². The predicted molar refractivity (Wildman–Crippen MR) is 121 cm³/mol. The molecule has 1 unspecified atom stereocenters. The Morgan fingerprint density at radius 2 is 2.00 bits per heavy atom. The lowest BCUT2D eigenvalue weighted by Gasteiger charge is -2.30. The summed E-state index contributed by atoms with van der Waals surface area (Å²) in [6, 6.07) is 16.6. The number of aromatic nitrogens is 2. The van der Waals surface area contributed by atoms with Gasteiger partial charge in [-0.05, 0) is 35.2 Å². The molecule has 0 amide bonds. The van der Waals surface area contributed by atoms with Gasteiger partial charge in [-0.15, -0.1) is 0 Å².